The number of nitrogen functional groups attached to an aromatic ring is 1. The molecule has 1 aliphatic heterocycles. The van der Waals surface area contributed by atoms with Crippen LogP contribution in [0.5, 0.6) is 0 Å². The molecular formula is C25H27ClN8O2. The van der Waals surface area contributed by atoms with Crippen LogP contribution in [0.25, 0.3) is 16.7 Å². The minimum absolute atomic E-state index is 0.177. The highest BCUT2D eigenvalue weighted by Gasteiger charge is 2.18. The van der Waals surface area contributed by atoms with E-state index in [1.54, 1.807) is 12.3 Å². The number of rotatable bonds is 6. The number of hydrogen-bond donors (Lipinski definition) is 3. The SMILES string of the molecule is Cc1cccc(Cl)c1-n1c(N)c2cnc(Nc3ccc(N4CCN(CCO)CC4)cc3)nc2nc1=O. The van der Waals surface area contributed by atoms with Crippen LogP contribution in [-0.4, -0.2) is 68.9 Å². The largest absolute Gasteiger partial charge is 0.395 e. The summed E-state index contributed by atoms with van der Waals surface area (Å²) in [5.74, 6) is 0.488. The van der Waals surface area contributed by atoms with Gasteiger partial charge < -0.3 is 21.1 Å². The van der Waals surface area contributed by atoms with Crippen LogP contribution in [0.4, 0.5) is 23.1 Å². The van der Waals surface area contributed by atoms with Gasteiger partial charge in [0.15, 0.2) is 5.65 Å². The Kier molecular flexibility index (Phi) is 6.73. The van der Waals surface area contributed by atoms with Crippen LogP contribution in [0, 0.1) is 6.92 Å². The molecule has 5 rings (SSSR count). The fraction of sp³-hybridized carbons (Fsp3) is 0.280. The third kappa shape index (κ3) is 4.70. The van der Waals surface area contributed by atoms with Crippen molar-refractivity contribution >= 4 is 45.8 Å². The molecule has 0 atom stereocenters. The summed E-state index contributed by atoms with van der Waals surface area (Å²) >= 11 is 6.36. The Labute approximate surface area is 213 Å². The lowest BCUT2D eigenvalue weighted by molar-refractivity contribution is 0.189. The minimum atomic E-state index is -0.565. The van der Waals surface area contributed by atoms with Crippen LogP contribution >= 0.6 is 11.6 Å². The van der Waals surface area contributed by atoms with Gasteiger partial charge in [0.1, 0.15) is 5.82 Å². The maximum Gasteiger partial charge on any atom is 0.355 e. The number of aromatic nitrogens is 4. The number of halogens is 1. The quantitative estimate of drug-likeness (QED) is 0.361. The zero-order valence-electron chi connectivity index (χ0n) is 19.9. The van der Waals surface area contributed by atoms with Gasteiger partial charge in [-0.15, -0.1) is 0 Å². The summed E-state index contributed by atoms with van der Waals surface area (Å²) in [4.78, 5) is 30.4. The van der Waals surface area contributed by atoms with Crippen molar-refractivity contribution in [3.05, 3.63) is 69.7 Å². The van der Waals surface area contributed by atoms with E-state index in [1.165, 1.54) is 4.57 Å². The summed E-state index contributed by atoms with van der Waals surface area (Å²) < 4.78 is 1.29. The van der Waals surface area contributed by atoms with Crippen LogP contribution < -0.4 is 21.6 Å². The number of aliphatic hydroxyl groups excluding tert-OH is 1. The van der Waals surface area contributed by atoms with E-state index in [0.29, 0.717) is 22.0 Å². The van der Waals surface area contributed by atoms with Gasteiger partial charge in [0.25, 0.3) is 0 Å². The van der Waals surface area contributed by atoms with Crippen LogP contribution in [-0.2, 0) is 0 Å². The molecule has 0 saturated carbocycles. The molecule has 186 valence electrons. The number of piperazine rings is 1. The molecule has 0 spiro atoms. The second-order valence-electron chi connectivity index (χ2n) is 8.68. The van der Waals surface area contributed by atoms with E-state index < -0.39 is 5.69 Å². The number of anilines is 4. The van der Waals surface area contributed by atoms with Crippen LogP contribution in [0.1, 0.15) is 5.56 Å². The van der Waals surface area contributed by atoms with E-state index in [0.717, 1.165) is 49.7 Å². The first kappa shape index (κ1) is 24.0. The number of nitrogens with one attached hydrogen (secondary N) is 1. The van der Waals surface area contributed by atoms with Gasteiger partial charge in [-0.25, -0.2) is 14.3 Å². The van der Waals surface area contributed by atoms with Crippen LogP contribution in [0.3, 0.4) is 0 Å². The Hall–Kier alpha value is -3.73. The Morgan fingerprint density at radius 1 is 1.08 bits per heavy atom. The monoisotopic (exact) mass is 506 g/mol. The Morgan fingerprint density at radius 3 is 2.53 bits per heavy atom. The third-order valence-electron chi connectivity index (χ3n) is 6.37. The number of aryl methyl sites for hydroxylation is 1. The standard InChI is InChI=1S/C25H27ClN8O2/c1-16-3-2-4-20(26)21(16)34-22(27)19-15-28-24(30-23(19)31-25(34)36)29-17-5-7-18(8-6-17)33-11-9-32(10-12-33)13-14-35/h2-8,15,35H,9-14,27H2,1H3,(H,29,30,31,36). The number of fused-ring (bicyclic) bond motifs is 1. The molecular weight excluding hydrogens is 480 g/mol. The maximum atomic E-state index is 12.9. The van der Waals surface area contributed by atoms with Gasteiger partial charge in [-0.05, 0) is 42.8 Å². The molecule has 2 aromatic heterocycles. The van der Waals surface area contributed by atoms with Crippen LogP contribution in [0.2, 0.25) is 5.02 Å². The molecule has 4 aromatic rings. The van der Waals surface area contributed by atoms with E-state index in [4.69, 9.17) is 22.4 Å². The van der Waals surface area contributed by atoms with Gasteiger partial charge in [-0.3, -0.25) is 4.90 Å². The molecule has 0 unspecified atom stereocenters. The lowest BCUT2D eigenvalue weighted by Gasteiger charge is -2.35. The summed E-state index contributed by atoms with van der Waals surface area (Å²) in [6.07, 6.45) is 1.55. The topological polar surface area (TPSA) is 125 Å². The lowest BCUT2D eigenvalue weighted by atomic mass is 10.2. The average molecular weight is 507 g/mol. The van der Waals surface area contributed by atoms with Gasteiger partial charge in [0.2, 0.25) is 5.95 Å². The minimum Gasteiger partial charge on any atom is -0.395 e. The fourth-order valence-corrected chi connectivity index (χ4v) is 4.75. The summed E-state index contributed by atoms with van der Waals surface area (Å²) in [6.45, 7) is 6.45. The van der Waals surface area contributed by atoms with Crippen molar-refractivity contribution in [2.75, 3.05) is 55.3 Å². The van der Waals surface area contributed by atoms with Gasteiger partial charge >= 0.3 is 5.69 Å². The molecule has 4 N–H and O–H groups in total. The molecule has 1 fully saturated rings. The average Bonchev–Trinajstić information content (AvgIpc) is 2.87. The lowest BCUT2D eigenvalue weighted by Crippen LogP contribution is -2.47. The second-order valence-corrected chi connectivity index (χ2v) is 9.08. The molecule has 1 saturated heterocycles. The van der Waals surface area contributed by atoms with Crippen molar-refractivity contribution in [2.45, 2.75) is 6.92 Å². The van der Waals surface area contributed by atoms with Crippen molar-refractivity contribution in [3.63, 3.8) is 0 Å². The van der Waals surface area contributed by atoms with Gasteiger partial charge in [-0.2, -0.15) is 9.97 Å². The second kappa shape index (κ2) is 10.1. The first-order valence-corrected chi connectivity index (χ1v) is 12.1. The number of hydrogen-bond acceptors (Lipinski definition) is 9. The van der Waals surface area contributed by atoms with Gasteiger partial charge in [-0.1, -0.05) is 23.7 Å². The molecule has 0 bridgehead atoms. The molecule has 0 aliphatic carbocycles. The van der Waals surface area contributed by atoms with E-state index in [1.807, 2.05) is 43.3 Å². The Balaban J connectivity index is 1.36. The summed E-state index contributed by atoms with van der Waals surface area (Å²) in [7, 11) is 0. The summed E-state index contributed by atoms with van der Waals surface area (Å²) in [6, 6.07) is 13.4. The normalized spacial score (nSPS) is 14.4. The smallest absolute Gasteiger partial charge is 0.355 e. The molecule has 11 heteroatoms. The highest BCUT2D eigenvalue weighted by Crippen LogP contribution is 2.28. The first-order valence-electron chi connectivity index (χ1n) is 11.7. The number of nitrogens with zero attached hydrogens (tertiary/aromatic N) is 6. The number of β-amino-alcohol motifs (C(OH)–C–C–N with tert-alkyl or cyclic N) is 1. The number of benzene rings is 2. The summed E-state index contributed by atoms with van der Waals surface area (Å²) in [5, 5.41) is 13.1. The van der Waals surface area contributed by atoms with E-state index >= 15 is 0 Å². The first-order chi connectivity index (χ1) is 17.4. The summed E-state index contributed by atoms with van der Waals surface area (Å²) in [5.41, 5.74) is 9.22. The zero-order chi connectivity index (χ0) is 25.2. The van der Waals surface area contributed by atoms with E-state index in [-0.39, 0.29) is 18.1 Å². The van der Waals surface area contributed by atoms with Crippen molar-refractivity contribution < 1.29 is 5.11 Å². The molecule has 3 heterocycles. The maximum absolute atomic E-state index is 12.9. The highest BCUT2D eigenvalue weighted by molar-refractivity contribution is 6.32. The van der Waals surface area contributed by atoms with Crippen molar-refractivity contribution in [1.29, 1.82) is 0 Å². The van der Waals surface area contributed by atoms with Gasteiger partial charge in [0.05, 0.1) is 22.7 Å². The third-order valence-corrected chi connectivity index (χ3v) is 6.67. The van der Waals surface area contributed by atoms with Gasteiger partial charge in [0, 0.05) is 50.3 Å². The van der Waals surface area contributed by atoms with E-state index in [9.17, 15) is 4.79 Å². The van der Waals surface area contributed by atoms with E-state index in [2.05, 4.69) is 30.1 Å². The predicted molar refractivity (Wildman–Crippen MR) is 143 cm³/mol. The molecule has 10 nitrogen and oxygen atoms in total. The molecule has 2 aromatic carbocycles. The molecule has 36 heavy (non-hydrogen) atoms. The number of nitrogens with two attached hydrogens (primary N) is 1. The number of para-hydroxylation sites is 1. The Morgan fingerprint density at radius 2 is 1.83 bits per heavy atom. The molecule has 1 aliphatic rings. The predicted octanol–water partition coefficient (Wildman–Crippen LogP) is 2.58. The zero-order valence-corrected chi connectivity index (χ0v) is 20.6. The molecule has 0 amide bonds. The fourth-order valence-electron chi connectivity index (χ4n) is 4.44. The Bertz CT molecular complexity index is 1430. The van der Waals surface area contributed by atoms with Crippen molar-refractivity contribution in [1.82, 2.24) is 24.4 Å². The number of aliphatic hydroxyl groups is 1. The highest BCUT2D eigenvalue weighted by atomic mass is 35.5. The molecule has 0 radical (unpaired) electrons. The van der Waals surface area contributed by atoms with Crippen molar-refractivity contribution in [2.24, 2.45) is 0 Å². The van der Waals surface area contributed by atoms with Crippen molar-refractivity contribution in [3.8, 4) is 5.69 Å². The van der Waals surface area contributed by atoms with Crippen LogP contribution in [0.15, 0.2) is 53.5 Å².